The lowest BCUT2D eigenvalue weighted by Crippen LogP contribution is -2.50. The second-order valence-corrected chi connectivity index (χ2v) is 6.91. The molecule has 1 unspecified atom stereocenters. The van der Waals surface area contributed by atoms with Crippen LogP contribution < -0.4 is 11.2 Å². The van der Waals surface area contributed by atoms with E-state index in [4.69, 9.17) is 19.5 Å². The van der Waals surface area contributed by atoms with Gasteiger partial charge in [0.1, 0.15) is 11.8 Å². The molecule has 3 heterocycles. The van der Waals surface area contributed by atoms with Gasteiger partial charge in [0.2, 0.25) is 0 Å². The van der Waals surface area contributed by atoms with Crippen molar-refractivity contribution in [1.29, 1.82) is 0 Å². The molecule has 2 aliphatic heterocycles. The number of urea groups is 1. The molecular formula is C13H18N4O8S. The number of hydroxylamine groups is 3. The number of fused-ring (bicyclic) bond motifs is 2. The Balaban J connectivity index is 1.53. The SMILES string of the molecule is NC(CONC(=O)[C@@H]1CC[C@@H]2CN1C(=O)N2OS(=O)(=O)O)c1ccco1. The number of nitrogens with zero attached hydrogens (tertiary/aromatic N) is 2. The highest BCUT2D eigenvalue weighted by molar-refractivity contribution is 7.80. The third-order valence-electron chi connectivity index (χ3n) is 4.14. The third kappa shape index (κ3) is 3.96. The molecule has 1 aromatic heterocycles. The van der Waals surface area contributed by atoms with Crippen LogP contribution in [0.5, 0.6) is 0 Å². The third-order valence-corrected chi connectivity index (χ3v) is 4.49. The Morgan fingerprint density at radius 1 is 1.50 bits per heavy atom. The molecule has 13 heteroatoms. The highest BCUT2D eigenvalue weighted by Gasteiger charge is 2.49. The quantitative estimate of drug-likeness (QED) is 0.404. The molecule has 2 saturated heterocycles. The molecule has 4 N–H and O–H groups in total. The van der Waals surface area contributed by atoms with Crippen molar-refractivity contribution in [3.05, 3.63) is 24.2 Å². The molecule has 0 spiro atoms. The van der Waals surface area contributed by atoms with Crippen molar-refractivity contribution in [2.24, 2.45) is 5.73 Å². The summed E-state index contributed by atoms with van der Waals surface area (Å²) in [7, 11) is -4.83. The van der Waals surface area contributed by atoms with Gasteiger partial charge in [-0.05, 0) is 25.0 Å². The number of carbonyl (C=O) groups is 2. The van der Waals surface area contributed by atoms with E-state index in [9.17, 15) is 18.0 Å². The van der Waals surface area contributed by atoms with Gasteiger partial charge in [-0.1, -0.05) is 0 Å². The van der Waals surface area contributed by atoms with Crippen molar-refractivity contribution < 1.29 is 36.1 Å². The van der Waals surface area contributed by atoms with Gasteiger partial charge in [0.15, 0.2) is 0 Å². The van der Waals surface area contributed by atoms with Crippen LogP contribution in [0, 0.1) is 0 Å². The molecule has 0 radical (unpaired) electrons. The van der Waals surface area contributed by atoms with Gasteiger partial charge in [-0.2, -0.15) is 13.5 Å². The monoisotopic (exact) mass is 390 g/mol. The minimum atomic E-state index is -4.83. The predicted octanol–water partition coefficient (Wildman–Crippen LogP) is -0.670. The average Bonchev–Trinajstić information content (AvgIpc) is 3.18. The van der Waals surface area contributed by atoms with E-state index in [2.05, 4.69) is 9.76 Å². The number of furan rings is 1. The van der Waals surface area contributed by atoms with Crippen LogP contribution in [-0.4, -0.2) is 60.1 Å². The lowest BCUT2D eigenvalue weighted by atomic mass is 10.0. The van der Waals surface area contributed by atoms with E-state index in [1.807, 2.05) is 0 Å². The minimum Gasteiger partial charge on any atom is -0.468 e. The van der Waals surface area contributed by atoms with Gasteiger partial charge in [0.05, 0.1) is 25.0 Å². The summed E-state index contributed by atoms with van der Waals surface area (Å²) in [5.41, 5.74) is 8.06. The fraction of sp³-hybridized carbons (Fsp3) is 0.538. The first-order valence-electron chi connectivity index (χ1n) is 7.73. The van der Waals surface area contributed by atoms with Crippen LogP contribution in [0.3, 0.4) is 0 Å². The molecular weight excluding hydrogens is 372 g/mol. The van der Waals surface area contributed by atoms with Gasteiger partial charge < -0.3 is 15.1 Å². The molecule has 3 amide bonds. The van der Waals surface area contributed by atoms with Crippen molar-refractivity contribution in [1.82, 2.24) is 15.4 Å². The summed E-state index contributed by atoms with van der Waals surface area (Å²) in [6.07, 6.45) is 2.06. The van der Waals surface area contributed by atoms with Crippen molar-refractivity contribution in [3.63, 3.8) is 0 Å². The Kier molecular flexibility index (Phi) is 5.15. The molecule has 0 aromatic carbocycles. The fourth-order valence-electron chi connectivity index (χ4n) is 2.96. The van der Waals surface area contributed by atoms with Crippen LogP contribution in [-0.2, 0) is 24.3 Å². The molecule has 12 nitrogen and oxygen atoms in total. The number of nitrogens with two attached hydrogens (primary N) is 1. The van der Waals surface area contributed by atoms with E-state index in [1.54, 1.807) is 12.1 Å². The number of hydrogen-bond acceptors (Lipinski definition) is 8. The zero-order chi connectivity index (χ0) is 18.9. The van der Waals surface area contributed by atoms with Gasteiger partial charge in [-0.25, -0.2) is 10.3 Å². The Hall–Kier alpha value is -2.19. The Morgan fingerprint density at radius 3 is 2.92 bits per heavy atom. The molecule has 1 aromatic rings. The maximum absolute atomic E-state index is 12.3. The molecule has 26 heavy (non-hydrogen) atoms. The molecule has 2 aliphatic rings. The topological polar surface area (TPSA) is 165 Å². The summed E-state index contributed by atoms with van der Waals surface area (Å²) in [4.78, 5) is 30.7. The smallest absolute Gasteiger partial charge is 0.418 e. The Morgan fingerprint density at radius 2 is 2.27 bits per heavy atom. The van der Waals surface area contributed by atoms with Gasteiger partial charge in [0.25, 0.3) is 5.91 Å². The summed E-state index contributed by atoms with van der Waals surface area (Å²) in [5, 5.41) is 0.566. The predicted molar refractivity (Wildman–Crippen MR) is 83.1 cm³/mol. The maximum atomic E-state index is 12.3. The summed E-state index contributed by atoms with van der Waals surface area (Å²) in [5.74, 6) is -0.0790. The van der Waals surface area contributed by atoms with E-state index in [0.29, 0.717) is 17.2 Å². The zero-order valence-corrected chi connectivity index (χ0v) is 14.3. The van der Waals surface area contributed by atoms with Crippen LogP contribution in [0.4, 0.5) is 4.79 Å². The van der Waals surface area contributed by atoms with Crippen LogP contribution in [0.2, 0.25) is 0 Å². The number of amides is 3. The number of nitrogens with one attached hydrogen (secondary N) is 1. The van der Waals surface area contributed by atoms with Crippen LogP contribution in [0.1, 0.15) is 24.6 Å². The number of piperidine rings is 1. The van der Waals surface area contributed by atoms with E-state index < -0.39 is 40.5 Å². The summed E-state index contributed by atoms with van der Waals surface area (Å²) < 4.78 is 39.8. The van der Waals surface area contributed by atoms with E-state index in [-0.39, 0.29) is 19.6 Å². The lowest BCUT2D eigenvalue weighted by molar-refractivity contribution is -0.139. The molecule has 0 saturated carbocycles. The van der Waals surface area contributed by atoms with Crippen LogP contribution in [0.25, 0.3) is 0 Å². The zero-order valence-electron chi connectivity index (χ0n) is 13.5. The molecule has 0 aliphatic carbocycles. The van der Waals surface area contributed by atoms with Gasteiger partial charge >= 0.3 is 16.4 Å². The maximum Gasteiger partial charge on any atom is 0.418 e. The number of hydrogen-bond donors (Lipinski definition) is 3. The molecule has 3 rings (SSSR count). The summed E-state index contributed by atoms with van der Waals surface area (Å²) >= 11 is 0. The standard InChI is InChI=1S/C13H18N4O8S/c14-9(11-2-1-5-23-11)7-24-15-12(18)10-4-3-8-6-16(10)13(19)17(8)25-26(20,21)22/h1-2,5,8-10H,3-4,6-7,14H2,(H,15,18)(H,20,21,22)/t8-,9?,10+/m1/s1. The highest BCUT2D eigenvalue weighted by atomic mass is 32.3. The minimum absolute atomic E-state index is 0.0411. The van der Waals surface area contributed by atoms with Gasteiger partial charge in [-0.3, -0.25) is 14.2 Å². The molecule has 2 fully saturated rings. The van der Waals surface area contributed by atoms with E-state index >= 15 is 0 Å². The second-order valence-electron chi connectivity index (χ2n) is 5.91. The first kappa shape index (κ1) is 18.6. The van der Waals surface area contributed by atoms with Crippen molar-refractivity contribution in [2.75, 3.05) is 13.2 Å². The normalized spacial score (nSPS) is 24.0. The number of carbonyl (C=O) groups excluding carboxylic acids is 2. The second kappa shape index (κ2) is 7.20. The van der Waals surface area contributed by atoms with Crippen molar-refractivity contribution in [2.45, 2.75) is 31.0 Å². The Bertz CT molecular complexity index is 767. The lowest BCUT2D eigenvalue weighted by Gasteiger charge is -2.29. The Labute approximate surface area is 148 Å². The first-order chi connectivity index (χ1) is 12.3. The largest absolute Gasteiger partial charge is 0.468 e. The summed E-state index contributed by atoms with van der Waals surface area (Å²) in [6, 6.07) is 0.524. The van der Waals surface area contributed by atoms with Gasteiger partial charge in [0, 0.05) is 6.54 Å². The first-order valence-corrected chi connectivity index (χ1v) is 9.10. The average molecular weight is 390 g/mol. The summed E-state index contributed by atoms with van der Waals surface area (Å²) in [6.45, 7) is 0.0545. The molecule has 3 atom stereocenters. The van der Waals surface area contributed by atoms with Crippen LogP contribution >= 0.6 is 0 Å². The fourth-order valence-corrected chi connectivity index (χ4v) is 3.35. The van der Waals surface area contributed by atoms with Crippen molar-refractivity contribution >= 4 is 22.3 Å². The van der Waals surface area contributed by atoms with Crippen molar-refractivity contribution in [3.8, 4) is 0 Å². The molecule has 144 valence electrons. The van der Waals surface area contributed by atoms with E-state index in [1.165, 1.54) is 6.26 Å². The van der Waals surface area contributed by atoms with Crippen LogP contribution in [0.15, 0.2) is 22.8 Å². The van der Waals surface area contributed by atoms with E-state index in [0.717, 1.165) is 4.90 Å². The highest BCUT2D eigenvalue weighted by Crippen LogP contribution is 2.30. The van der Waals surface area contributed by atoms with Gasteiger partial charge in [-0.15, -0.1) is 4.28 Å². The molecule has 2 bridgehead atoms. The number of rotatable bonds is 7.